The highest BCUT2D eigenvalue weighted by Crippen LogP contribution is 2.63. The Kier molecular flexibility index (Phi) is 6.35. The molecule has 0 unspecified atom stereocenters. The first-order chi connectivity index (χ1) is 19.9. The van der Waals surface area contributed by atoms with Gasteiger partial charge in [-0.05, 0) is 121 Å². The fourth-order valence-electron chi connectivity index (χ4n) is 7.46. The highest BCUT2D eigenvalue weighted by molar-refractivity contribution is 7.92. The van der Waals surface area contributed by atoms with Crippen LogP contribution in [0.3, 0.4) is 0 Å². The van der Waals surface area contributed by atoms with Gasteiger partial charge in [0.25, 0.3) is 15.9 Å². The minimum absolute atomic E-state index is 0.132. The van der Waals surface area contributed by atoms with Gasteiger partial charge in [0, 0.05) is 22.6 Å². The molecule has 7 rings (SSSR count). The molecule has 0 spiro atoms. The molecule has 3 N–H and O–H groups in total. The van der Waals surface area contributed by atoms with E-state index < -0.39 is 10.0 Å². The van der Waals surface area contributed by atoms with E-state index in [4.69, 9.17) is 0 Å². The van der Waals surface area contributed by atoms with E-state index in [1.807, 2.05) is 25.1 Å². The number of hydrogen-bond acceptors (Lipinski definition) is 4. The van der Waals surface area contributed by atoms with E-state index in [0.29, 0.717) is 46.7 Å². The maximum Gasteiger partial charge on any atom is 0.261 e. The molecule has 1 aliphatic heterocycles. The van der Waals surface area contributed by atoms with Crippen LogP contribution in [0.2, 0.25) is 0 Å². The van der Waals surface area contributed by atoms with Gasteiger partial charge >= 0.3 is 0 Å². The minimum Gasteiger partial charge on any atom is -0.378 e. The Labute approximate surface area is 241 Å². The fraction of sp³-hybridized carbons (Fsp3) is 0.265. The van der Waals surface area contributed by atoms with Gasteiger partial charge in [-0.2, -0.15) is 0 Å². The standard InChI is InChI=1S/C34H33N3O3S/c1-21-6-5-9-27(18-21)37-41(39,40)28-15-13-26(14-16-28)35-34(38)25-12-17-30-29(20-25)31-23-10-11-24(19-23)32(31)33(36-30)22-7-3-2-4-8-22/h2-9,12-18,20,23-24,31-33,36-37H,10-11,19H2,1H3,(H,35,38)/t23-,24-,31-,32-,33+/m0/s1. The van der Waals surface area contributed by atoms with E-state index in [9.17, 15) is 13.2 Å². The van der Waals surface area contributed by atoms with Gasteiger partial charge in [-0.1, -0.05) is 42.5 Å². The lowest BCUT2D eigenvalue weighted by atomic mass is 9.68. The molecule has 2 aliphatic carbocycles. The minimum atomic E-state index is -3.74. The molecule has 2 bridgehead atoms. The van der Waals surface area contributed by atoms with Crippen LogP contribution < -0.4 is 15.4 Å². The van der Waals surface area contributed by atoms with Gasteiger partial charge in [0.15, 0.2) is 0 Å². The van der Waals surface area contributed by atoms with Crippen LogP contribution in [0.15, 0.2) is 102 Å². The molecule has 5 atom stereocenters. The first-order valence-corrected chi connectivity index (χ1v) is 15.8. The van der Waals surface area contributed by atoms with Crippen LogP contribution in [-0.4, -0.2) is 14.3 Å². The smallest absolute Gasteiger partial charge is 0.261 e. The second-order valence-corrected chi connectivity index (χ2v) is 13.4. The van der Waals surface area contributed by atoms with Crippen molar-refractivity contribution in [3.63, 3.8) is 0 Å². The highest BCUT2D eigenvalue weighted by Gasteiger charge is 2.53. The van der Waals surface area contributed by atoms with Crippen molar-refractivity contribution in [2.75, 3.05) is 15.4 Å². The molecule has 0 radical (unpaired) electrons. The SMILES string of the molecule is Cc1cccc(NS(=O)(=O)c2ccc(NC(=O)c3ccc4c(c3)[C@@H]3[C@H]5CC[C@@H](C5)[C@@H]3[C@@H](c3ccccc3)N4)cc2)c1. The van der Waals surface area contributed by atoms with Gasteiger partial charge in [-0.15, -0.1) is 0 Å². The van der Waals surface area contributed by atoms with Crippen LogP contribution in [0.5, 0.6) is 0 Å². The van der Waals surface area contributed by atoms with E-state index in [0.717, 1.165) is 11.3 Å². The fourth-order valence-corrected chi connectivity index (χ4v) is 8.51. The Hall–Kier alpha value is -4.10. The topological polar surface area (TPSA) is 87.3 Å². The maximum atomic E-state index is 13.3. The van der Waals surface area contributed by atoms with Crippen molar-refractivity contribution < 1.29 is 13.2 Å². The number of fused-ring (bicyclic) bond motifs is 7. The Balaban J connectivity index is 1.10. The molecule has 4 aromatic rings. The van der Waals surface area contributed by atoms with E-state index in [1.165, 1.54) is 42.5 Å². The predicted molar refractivity (Wildman–Crippen MR) is 163 cm³/mol. The van der Waals surface area contributed by atoms with Crippen molar-refractivity contribution in [2.45, 2.75) is 43.0 Å². The first-order valence-electron chi connectivity index (χ1n) is 14.3. The molecule has 41 heavy (non-hydrogen) atoms. The first kappa shape index (κ1) is 25.8. The second kappa shape index (κ2) is 10.1. The van der Waals surface area contributed by atoms with Crippen molar-refractivity contribution in [1.29, 1.82) is 0 Å². The van der Waals surface area contributed by atoms with Crippen LogP contribution >= 0.6 is 0 Å². The van der Waals surface area contributed by atoms with E-state index >= 15 is 0 Å². The lowest BCUT2D eigenvalue weighted by Gasteiger charge is -2.43. The summed E-state index contributed by atoms with van der Waals surface area (Å²) in [6.45, 7) is 1.91. The third-order valence-electron chi connectivity index (χ3n) is 9.20. The van der Waals surface area contributed by atoms with Gasteiger partial charge in [0.05, 0.1) is 10.9 Å². The van der Waals surface area contributed by atoms with Crippen LogP contribution in [-0.2, 0) is 10.0 Å². The zero-order chi connectivity index (χ0) is 28.1. The van der Waals surface area contributed by atoms with Crippen LogP contribution in [0.1, 0.15) is 58.3 Å². The highest BCUT2D eigenvalue weighted by atomic mass is 32.2. The summed E-state index contributed by atoms with van der Waals surface area (Å²) >= 11 is 0. The van der Waals surface area contributed by atoms with Gasteiger partial charge in [0.1, 0.15) is 0 Å². The molecule has 0 aromatic heterocycles. The average Bonchev–Trinajstić information content (AvgIpc) is 3.60. The lowest BCUT2D eigenvalue weighted by Crippen LogP contribution is -2.35. The van der Waals surface area contributed by atoms with Crippen LogP contribution in [0, 0.1) is 24.7 Å². The maximum absolute atomic E-state index is 13.3. The summed E-state index contributed by atoms with van der Waals surface area (Å²) in [6, 6.07) is 30.5. The summed E-state index contributed by atoms with van der Waals surface area (Å²) in [7, 11) is -3.74. The van der Waals surface area contributed by atoms with Gasteiger partial charge in [-0.25, -0.2) is 8.42 Å². The molecule has 3 aliphatic rings. The lowest BCUT2D eigenvalue weighted by molar-refractivity contribution is 0.102. The monoisotopic (exact) mass is 563 g/mol. The average molecular weight is 564 g/mol. The van der Waals surface area contributed by atoms with Crippen LogP contribution in [0.4, 0.5) is 17.1 Å². The number of rotatable bonds is 6. The summed E-state index contributed by atoms with van der Waals surface area (Å²) < 4.78 is 28.3. The number of aryl methyl sites for hydroxylation is 1. The Morgan fingerprint density at radius 2 is 1.61 bits per heavy atom. The number of anilines is 3. The molecule has 4 aromatic carbocycles. The molecule has 6 nitrogen and oxygen atoms in total. The summed E-state index contributed by atoms with van der Waals surface area (Å²) in [4.78, 5) is 13.5. The molecule has 208 valence electrons. The number of nitrogens with one attached hydrogen (secondary N) is 3. The molecule has 2 fully saturated rings. The molecule has 2 saturated carbocycles. The van der Waals surface area contributed by atoms with Gasteiger partial charge in [0.2, 0.25) is 0 Å². The number of carbonyl (C=O) groups is 1. The van der Waals surface area contributed by atoms with Crippen molar-refractivity contribution in [1.82, 2.24) is 0 Å². The van der Waals surface area contributed by atoms with E-state index in [1.54, 1.807) is 24.3 Å². The summed E-state index contributed by atoms with van der Waals surface area (Å²) in [6.07, 6.45) is 3.82. The molecular formula is C34H33N3O3S. The number of amides is 1. The summed E-state index contributed by atoms with van der Waals surface area (Å²) in [5, 5.41) is 6.79. The third kappa shape index (κ3) is 4.78. The van der Waals surface area contributed by atoms with Crippen LogP contribution in [0.25, 0.3) is 0 Å². The number of carbonyl (C=O) groups excluding carboxylic acids is 1. The summed E-state index contributed by atoms with van der Waals surface area (Å²) in [5.74, 6) is 2.16. The Morgan fingerprint density at radius 3 is 2.39 bits per heavy atom. The van der Waals surface area contributed by atoms with E-state index in [2.05, 4.69) is 57.8 Å². The normalized spacial score (nSPS) is 24.2. The zero-order valence-electron chi connectivity index (χ0n) is 22.9. The quantitative estimate of drug-likeness (QED) is 0.229. The molecule has 0 saturated heterocycles. The third-order valence-corrected chi connectivity index (χ3v) is 10.6. The molecular weight excluding hydrogens is 530 g/mol. The van der Waals surface area contributed by atoms with Crippen molar-refractivity contribution >= 4 is 33.0 Å². The van der Waals surface area contributed by atoms with Crippen molar-refractivity contribution in [3.05, 3.63) is 119 Å². The molecule has 1 heterocycles. The van der Waals surface area contributed by atoms with Gasteiger partial charge in [-0.3, -0.25) is 9.52 Å². The van der Waals surface area contributed by atoms with Gasteiger partial charge < -0.3 is 10.6 Å². The van der Waals surface area contributed by atoms with E-state index in [-0.39, 0.29) is 10.8 Å². The summed E-state index contributed by atoms with van der Waals surface area (Å²) in [5.41, 5.74) is 6.35. The molecule has 7 heteroatoms. The zero-order valence-corrected chi connectivity index (χ0v) is 23.7. The second-order valence-electron chi connectivity index (χ2n) is 11.7. The predicted octanol–water partition coefficient (Wildman–Crippen LogP) is 7.34. The van der Waals surface area contributed by atoms with Crippen molar-refractivity contribution in [3.8, 4) is 0 Å². The largest absolute Gasteiger partial charge is 0.378 e. The number of benzene rings is 4. The Morgan fingerprint density at radius 1 is 0.829 bits per heavy atom. The number of hydrogen-bond donors (Lipinski definition) is 3. The Bertz CT molecular complexity index is 1720. The number of sulfonamides is 1. The molecule has 1 amide bonds. The van der Waals surface area contributed by atoms with Crippen molar-refractivity contribution in [2.24, 2.45) is 17.8 Å².